The summed E-state index contributed by atoms with van der Waals surface area (Å²) < 4.78 is 5.80. The summed E-state index contributed by atoms with van der Waals surface area (Å²) in [6.07, 6.45) is 7.54. The first-order chi connectivity index (χ1) is 10.7. The summed E-state index contributed by atoms with van der Waals surface area (Å²) in [5, 5.41) is 11.7. The highest BCUT2D eigenvalue weighted by atomic mass is 16.5. The molecule has 5 heteroatoms. The quantitative estimate of drug-likeness (QED) is 0.626. The van der Waals surface area contributed by atoms with Crippen molar-refractivity contribution in [2.24, 2.45) is 0 Å². The molecule has 1 aromatic carbocycles. The number of hydrogen-bond acceptors (Lipinski definition) is 3. The third-order valence-electron chi connectivity index (χ3n) is 3.92. The fourth-order valence-electron chi connectivity index (χ4n) is 2.69. The van der Waals surface area contributed by atoms with E-state index in [0.717, 1.165) is 12.8 Å². The van der Waals surface area contributed by atoms with Gasteiger partial charge in [-0.25, -0.2) is 4.79 Å². The van der Waals surface area contributed by atoms with Crippen LogP contribution in [0.2, 0.25) is 0 Å². The molecule has 0 atom stereocenters. The van der Waals surface area contributed by atoms with E-state index in [4.69, 9.17) is 9.84 Å². The first kappa shape index (κ1) is 16.5. The van der Waals surface area contributed by atoms with E-state index < -0.39 is 5.97 Å². The predicted molar refractivity (Wildman–Crippen MR) is 83.2 cm³/mol. The van der Waals surface area contributed by atoms with Crippen molar-refractivity contribution < 1.29 is 19.4 Å². The van der Waals surface area contributed by atoms with Gasteiger partial charge in [-0.05, 0) is 31.0 Å². The van der Waals surface area contributed by atoms with E-state index in [1.165, 1.54) is 37.8 Å². The number of ether oxygens (including phenoxy) is 1. The Balaban J connectivity index is 1.73. The molecule has 22 heavy (non-hydrogen) atoms. The Morgan fingerprint density at radius 1 is 1.14 bits per heavy atom. The van der Waals surface area contributed by atoms with E-state index in [1.54, 1.807) is 12.1 Å². The number of hydrogen-bond donors (Lipinski definition) is 2. The lowest BCUT2D eigenvalue weighted by molar-refractivity contribution is 0.0442. The first-order valence-electron chi connectivity index (χ1n) is 7.90. The molecule has 2 N–H and O–H groups in total. The zero-order valence-corrected chi connectivity index (χ0v) is 12.7. The van der Waals surface area contributed by atoms with Crippen LogP contribution in [0, 0.1) is 0 Å². The van der Waals surface area contributed by atoms with Crippen molar-refractivity contribution in [2.75, 3.05) is 13.2 Å². The molecule has 0 heterocycles. The molecule has 1 aliphatic carbocycles. The summed E-state index contributed by atoms with van der Waals surface area (Å²) in [6.45, 7) is 0.932. The minimum absolute atomic E-state index is 0.113. The highest BCUT2D eigenvalue weighted by Gasteiger charge is 2.13. The summed E-state index contributed by atoms with van der Waals surface area (Å²) in [5.41, 5.74) is 0.469. The van der Waals surface area contributed by atoms with Gasteiger partial charge in [-0.1, -0.05) is 31.7 Å². The summed E-state index contributed by atoms with van der Waals surface area (Å²) in [7, 11) is 0. The fourth-order valence-corrected chi connectivity index (χ4v) is 2.69. The number of amides is 1. The molecule has 0 bridgehead atoms. The van der Waals surface area contributed by atoms with Crippen molar-refractivity contribution >= 4 is 11.9 Å². The van der Waals surface area contributed by atoms with Gasteiger partial charge in [0, 0.05) is 12.1 Å². The van der Waals surface area contributed by atoms with Gasteiger partial charge in [0.25, 0.3) is 5.91 Å². The molecular formula is C17H23NO4. The number of aromatic carboxylic acids is 1. The smallest absolute Gasteiger partial charge is 0.335 e. The molecule has 0 saturated heterocycles. The minimum Gasteiger partial charge on any atom is -0.478 e. The first-order valence-corrected chi connectivity index (χ1v) is 7.90. The molecule has 0 spiro atoms. The predicted octanol–water partition coefficient (Wildman–Crippen LogP) is 2.85. The Kier molecular flexibility index (Phi) is 6.40. The lowest BCUT2D eigenvalue weighted by Gasteiger charge is -2.15. The van der Waals surface area contributed by atoms with Gasteiger partial charge in [0.1, 0.15) is 0 Å². The SMILES string of the molecule is O=C(O)c1cccc(C(=O)NCCOC2CCCCCC2)c1. The van der Waals surface area contributed by atoms with E-state index in [0.29, 0.717) is 24.8 Å². The largest absolute Gasteiger partial charge is 0.478 e. The van der Waals surface area contributed by atoms with E-state index >= 15 is 0 Å². The number of rotatable bonds is 6. The number of nitrogens with one attached hydrogen (secondary N) is 1. The van der Waals surface area contributed by atoms with E-state index in [2.05, 4.69) is 5.32 Å². The number of benzene rings is 1. The van der Waals surface area contributed by atoms with Crippen LogP contribution in [0.1, 0.15) is 59.2 Å². The molecule has 1 aromatic rings. The normalized spacial score (nSPS) is 16.0. The van der Waals surface area contributed by atoms with Crippen LogP contribution < -0.4 is 5.32 Å². The van der Waals surface area contributed by atoms with Crippen molar-refractivity contribution in [1.82, 2.24) is 5.32 Å². The molecule has 2 rings (SSSR count). The second kappa shape index (κ2) is 8.54. The van der Waals surface area contributed by atoms with Gasteiger partial charge in [0.15, 0.2) is 0 Å². The third-order valence-corrected chi connectivity index (χ3v) is 3.92. The molecule has 5 nitrogen and oxygen atoms in total. The summed E-state index contributed by atoms with van der Waals surface area (Å²) in [6, 6.07) is 6.02. The number of carbonyl (C=O) groups is 2. The van der Waals surface area contributed by atoms with Crippen molar-refractivity contribution in [1.29, 1.82) is 0 Å². The lowest BCUT2D eigenvalue weighted by Crippen LogP contribution is -2.29. The van der Waals surface area contributed by atoms with Crippen molar-refractivity contribution in [2.45, 2.75) is 44.6 Å². The van der Waals surface area contributed by atoms with Gasteiger partial charge in [0.05, 0.1) is 18.3 Å². The molecule has 0 unspecified atom stereocenters. The van der Waals surface area contributed by atoms with Crippen molar-refractivity contribution in [3.63, 3.8) is 0 Å². The van der Waals surface area contributed by atoms with Gasteiger partial charge < -0.3 is 15.2 Å². The molecule has 0 aliphatic heterocycles. The van der Waals surface area contributed by atoms with E-state index in [1.807, 2.05) is 0 Å². The van der Waals surface area contributed by atoms with Crippen molar-refractivity contribution in [3.8, 4) is 0 Å². The van der Waals surface area contributed by atoms with Crippen LogP contribution in [0.4, 0.5) is 0 Å². The Morgan fingerprint density at radius 2 is 1.82 bits per heavy atom. The molecule has 1 saturated carbocycles. The molecule has 120 valence electrons. The number of carboxylic acid groups (broad SMARTS) is 1. The van der Waals surface area contributed by atoms with Gasteiger partial charge in [-0.15, -0.1) is 0 Å². The zero-order chi connectivity index (χ0) is 15.8. The molecule has 0 radical (unpaired) electrons. The number of carboxylic acids is 1. The molecule has 1 aliphatic rings. The topological polar surface area (TPSA) is 75.6 Å². The van der Waals surface area contributed by atoms with Crippen LogP contribution in [0.5, 0.6) is 0 Å². The van der Waals surface area contributed by atoms with Crippen LogP contribution in [0.15, 0.2) is 24.3 Å². The highest BCUT2D eigenvalue weighted by molar-refractivity contribution is 5.97. The Hall–Kier alpha value is -1.88. The third kappa shape index (κ3) is 5.15. The second-order valence-electron chi connectivity index (χ2n) is 5.63. The Labute approximate surface area is 130 Å². The monoisotopic (exact) mass is 305 g/mol. The number of carbonyl (C=O) groups excluding carboxylic acids is 1. The maximum Gasteiger partial charge on any atom is 0.335 e. The average Bonchev–Trinajstić information content (AvgIpc) is 2.80. The van der Waals surface area contributed by atoms with E-state index in [-0.39, 0.29) is 11.5 Å². The van der Waals surface area contributed by atoms with Crippen LogP contribution in [0.25, 0.3) is 0 Å². The van der Waals surface area contributed by atoms with Crippen LogP contribution in [0.3, 0.4) is 0 Å². The van der Waals surface area contributed by atoms with Gasteiger partial charge in [-0.3, -0.25) is 4.79 Å². The average molecular weight is 305 g/mol. The van der Waals surface area contributed by atoms with Gasteiger partial charge >= 0.3 is 5.97 Å². The molecular weight excluding hydrogens is 282 g/mol. The van der Waals surface area contributed by atoms with Crippen LogP contribution in [-0.2, 0) is 4.74 Å². The zero-order valence-electron chi connectivity index (χ0n) is 12.7. The Morgan fingerprint density at radius 3 is 2.50 bits per heavy atom. The summed E-state index contributed by atoms with van der Waals surface area (Å²) in [5.74, 6) is -1.31. The summed E-state index contributed by atoms with van der Waals surface area (Å²) >= 11 is 0. The van der Waals surface area contributed by atoms with E-state index in [9.17, 15) is 9.59 Å². The maximum absolute atomic E-state index is 12.0. The summed E-state index contributed by atoms with van der Waals surface area (Å²) in [4.78, 5) is 22.9. The fraction of sp³-hybridized carbons (Fsp3) is 0.529. The molecule has 1 amide bonds. The lowest BCUT2D eigenvalue weighted by atomic mass is 10.1. The van der Waals surface area contributed by atoms with Crippen LogP contribution in [-0.4, -0.2) is 36.2 Å². The minimum atomic E-state index is -1.04. The van der Waals surface area contributed by atoms with Crippen LogP contribution >= 0.6 is 0 Å². The van der Waals surface area contributed by atoms with Gasteiger partial charge in [-0.2, -0.15) is 0 Å². The maximum atomic E-state index is 12.0. The highest BCUT2D eigenvalue weighted by Crippen LogP contribution is 2.19. The van der Waals surface area contributed by atoms with Crippen molar-refractivity contribution in [3.05, 3.63) is 35.4 Å². The van der Waals surface area contributed by atoms with Gasteiger partial charge in [0.2, 0.25) is 0 Å². The molecule has 1 fully saturated rings. The second-order valence-corrected chi connectivity index (χ2v) is 5.63. The standard InChI is InChI=1S/C17H23NO4/c19-16(13-6-5-7-14(12-13)17(20)21)18-10-11-22-15-8-3-1-2-4-9-15/h5-7,12,15H,1-4,8-11H2,(H,18,19)(H,20,21). The molecule has 0 aromatic heterocycles. The Bertz CT molecular complexity index is 507.